The summed E-state index contributed by atoms with van der Waals surface area (Å²) in [7, 11) is 0. The lowest BCUT2D eigenvalue weighted by molar-refractivity contribution is 0.122. The van der Waals surface area contributed by atoms with E-state index in [2.05, 4.69) is 40.2 Å². The maximum Gasteiger partial charge on any atom is 0.135 e. The highest BCUT2D eigenvalue weighted by atomic mass is 32.1. The number of hydrogen-bond acceptors (Lipinski definition) is 5. The number of benzene rings is 2. The molecule has 25 heavy (non-hydrogen) atoms. The number of allylic oxidation sites excluding steroid dienone is 1. The lowest BCUT2D eigenvalue weighted by Crippen LogP contribution is -2.36. The van der Waals surface area contributed by atoms with E-state index in [-0.39, 0.29) is 0 Å². The van der Waals surface area contributed by atoms with Crippen LogP contribution in [0.25, 0.3) is 21.9 Å². The molecule has 1 aromatic heterocycles. The zero-order valence-electron chi connectivity index (χ0n) is 13.7. The maximum atomic E-state index is 9.55. The number of fused-ring (bicyclic) bond motifs is 1. The third-order valence-electron chi connectivity index (χ3n) is 4.23. The number of nitriles is 1. The Kier molecular flexibility index (Phi) is 4.47. The third-order valence-corrected chi connectivity index (χ3v) is 5.29. The van der Waals surface area contributed by atoms with Gasteiger partial charge in [0.2, 0.25) is 0 Å². The van der Waals surface area contributed by atoms with Crippen molar-refractivity contribution in [3.05, 3.63) is 59.1 Å². The Hall–Kier alpha value is -2.68. The topological polar surface area (TPSA) is 49.2 Å². The second-order valence-electron chi connectivity index (χ2n) is 5.85. The Morgan fingerprint density at radius 3 is 2.60 bits per heavy atom. The quantitative estimate of drug-likeness (QED) is 0.666. The Morgan fingerprint density at radius 2 is 1.88 bits per heavy atom. The summed E-state index contributed by atoms with van der Waals surface area (Å²) in [6.07, 6.45) is 1.90. The van der Waals surface area contributed by atoms with E-state index in [0.717, 1.165) is 47.1 Å². The van der Waals surface area contributed by atoms with Gasteiger partial charge in [-0.1, -0.05) is 24.3 Å². The molecule has 1 saturated heterocycles. The Balaban J connectivity index is 1.60. The normalized spacial score (nSPS) is 15.3. The van der Waals surface area contributed by atoms with Crippen molar-refractivity contribution >= 4 is 38.9 Å². The first-order valence-electron chi connectivity index (χ1n) is 8.24. The number of aromatic nitrogens is 1. The smallest absolute Gasteiger partial charge is 0.135 e. The molecule has 124 valence electrons. The van der Waals surface area contributed by atoms with Gasteiger partial charge in [0.25, 0.3) is 0 Å². The number of anilines is 1. The van der Waals surface area contributed by atoms with Crippen molar-refractivity contribution in [2.45, 2.75) is 0 Å². The predicted octanol–water partition coefficient (Wildman–Crippen LogP) is 4.20. The average Bonchev–Trinajstić information content (AvgIpc) is 3.11. The summed E-state index contributed by atoms with van der Waals surface area (Å²) in [6, 6.07) is 18.6. The van der Waals surface area contributed by atoms with Crippen LogP contribution < -0.4 is 4.90 Å². The van der Waals surface area contributed by atoms with Crippen LogP contribution in [0.5, 0.6) is 0 Å². The summed E-state index contributed by atoms with van der Waals surface area (Å²) in [5, 5.41) is 10.3. The molecular weight excluding hydrogens is 330 g/mol. The molecule has 0 aliphatic carbocycles. The number of rotatable bonds is 3. The molecule has 1 aliphatic rings. The van der Waals surface area contributed by atoms with E-state index >= 15 is 0 Å². The number of ether oxygens (including phenoxy) is 1. The molecule has 2 heterocycles. The van der Waals surface area contributed by atoms with Crippen LogP contribution in [0.1, 0.15) is 10.6 Å². The highest BCUT2D eigenvalue weighted by Crippen LogP contribution is 2.28. The molecular formula is C20H17N3OS. The maximum absolute atomic E-state index is 9.55. The summed E-state index contributed by atoms with van der Waals surface area (Å²) in [4.78, 5) is 6.89. The molecule has 0 radical (unpaired) electrons. The van der Waals surface area contributed by atoms with Crippen molar-refractivity contribution in [1.29, 1.82) is 5.26 Å². The van der Waals surface area contributed by atoms with Gasteiger partial charge in [0.15, 0.2) is 0 Å². The van der Waals surface area contributed by atoms with Crippen molar-refractivity contribution in [2.75, 3.05) is 31.2 Å². The molecule has 5 heteroatoms. The zero-order valence-corrected chi connectivity index (χ0v) is 14.5. The number of thiazole rings is 1. The summed E-state index contributed by atoms with van der Waals surface area (Å²) in [5.74, 6) is 0. The van der Waals surface area contributed by atoms with Crippen LogP contribution in [0.15, 0.2) is 48.5 Å². The fourth-order valence-corrected chi connectivity index (χ4v) is 3.83. The first-order chi connectivity index (χ1) is 12.3. The summed E-state index contributed by atoms with van der Waals surface area (Å²) < 4.78 is 6.49. The van der Waals surface area contributed by atoms with Crippen LogP contribution in [-0.2, 0) is 4.74 Å². The molecule has 4 nitrogen and oxygen atoms in total. The number of nitrogens with zero attached hydrogens (tertiary/aromatic N) is 3. The van der Waals surface area contributed by atoms with Gasteiger partial charge >= 0.3 is 0 Å². The lowest BCUT2D eigenvalue weighted by atomic mass is 10.1. The average molecular weight is 347 g/mol. The molecule has 0 saturated carbocycles. The molecule has 0 bridgehead atoms. The highest BCUT2D eigenvalue weighted by Gasteiger charge is 2.11. The van der Waals surface area contributed by atoms with Gasteiger partial charge in [0.1, 0.15) is 11.1 Å². The monoisotopic (exact) mass is 347 g/mol. The Bertz CT molecular complexity index is 914. The molecule has 0 atom stereocenters. The molecule has 1 aliphatic heterocycles. The largest absolute Gasteiger partial charge is 0.378 e. The lowest BCUT2D eigenvalue weighted by Gasteiger charge is -2.28. The molecule has 0 N–H and O–H groups in total. The minimum atomic E-state index is 0.598. The third kappa shape index (κ3) is 3.41. The molecule has 2 aromatic carbocycles. The second-order valence-corrected chi connectivity index (χ2v) is 6.88. The number of para-hydroxylation sites is 1. The fourth-order valence-electron chi connectivity index (χ4n) is 2.90. The van der Waals surface area contributed by atoms with Crippen molar-refractivity contribution in [2.24, 2.45) is 0 Å². The van der Waals surface area contributed by atoms with Gasteiger partial charge < -0.3 is 9.64 Å². The van der Waals surface area contributed by atoms with E-state index in [1.54, 1.807) is 11.3 Å². The van der Waals surface area contributed by atoms with Crippen LogP contribution >= 0.6 is 11.3 Å². The van der Waals surface area contributed by atoms with Gasteiger partial charge in [-0.15, -0.1) is 11.3 Å². The minimum Gasteiger partial charge on any atom is -0.378 e. The molecule has 0 amide bonds. The summed E-state index contributed by atoms with van der Waals surface area (Å²) in [6.45, 7) is 3.39. The van der Waals surface area contributed by atoms with Crippen molar-refractivity contribution in [3.63, 3.8) is 0 Å². The molecule has 0 spiro atoms. The van der Waals surface area contributed by atoms with E-state index in [0.29, 0.717) is 5.57 Å². The van der Waals surface area contributed by atoms with Gasteiger partial charge in [0, 0.05) is 18.8 Å². The summed E-state index contributed by atoms with van der Waals surface area (Å²) in [5.41, 5.74) is 3.73. The fraction of sp³-hybridized carbons (Fsp3) is 0.200. The van der Waals surface area contributed by atoms with E-state index in [1.807, 2.05) is 30.3 Å². The van der Waals surface area contributed by atoms with Crippen molar-refractivity contribution in [1.82, 2.24) is 4.98 Å². The SMILES string of the molecule is N#CC(=Cc1ccc(N2CCOCC2)cc1)c1nc2ccccc2s1. The highest BCUT2D eigenvalue weighted by molar-refractivity contribution is 7.19. The second kappa shape index (κ2) is 7.06. The van der Waals surface area contributed by atoms with Crippen LogP contribution in [0.3, 0.4) is 0 Å². The zero-order chi connectivity index (χ0) is 17.1. The van der Waals surface area contributed by atoms with Crippen molar-refractivity contribution < 1.29 is 4.74 Å². The van der Waals surface area contributed by atoms with Crippen molar-refractivity contribution in [3.8, 4) is 6.07 Å². The van der Waals surface area contributed by atoms with Gasteiger partial charge in [-0.05, 0) is 35.9 Å². The van der Waals surface area contributed by atoms with Gasteiger partial charge in [-0.25, -0.2) is 4.98 Å². The number of hydrogen-bond donors (Lipinski definition) is 0. The predicted molar refractivity (Wildman–Crippen MR) is 103 cm³/mol. The van der Waals surface area contributed by atoms with Gasteiger partial charge in [-0.3, -0.25) is 0 Å². The van der Waals surface area contributed by atoms with E-state index < -0.39 is 0 Å². The van der Waals surface area contributed by atoms with Gasteiger partial charge in [-0.2, -0.15) is 5.26 Å². The van der Waals surface area contributed by atoms with Gasteiger partial charge in [0.05, 0.1) is 29.0 Å². The molecule has 1 fully saturated rings. The molecule has 0 unspecified atom stereocenters. The standard InChI is InChI=1S/C20H17N3OS/c21-14-16(20-22-18-3-1-2-4-19(18)25-20)13-15-5-7-17(8-6-15)23-9-11-24-12-10-23/h1-8,13H,9-12H2. The van der Waals surface area contributed by atoms with Crippen LogP contribution in [0.4, 0.5) is 5.69 Å². The number of morpholine rings is 1. The Labute approximate surface area is 150 Å². The van der Waals surface area contributed by atoms with Crippen LogP contribution in [0, 0.1) is 11.3 Å². The van der Waals surface area contributed by atoms with Crippen LogP contribution in [-0.4, -0.2) is 31.3 Å². The first kappa shape index (κ1) is 15.8. The summed E-state index contributed by atoms with van der Waals surface area (Å²) >= 11 is 1.55. The molecule has 4 rings (SSSR count). The van der Waals surface area contributed by atoms with Crippen LogP contribution in [0.2, 0.25) is 0 Å². The molecule has 3 aromatic rings. The first-order valence-corrected chi connectivity index (χ1v) is 9.06. The minimum absolute atomic E-state index is 0.598. The van der Waals surface area contributed by atoms with E-state index in [4.69, 9.17) is 4.74 Å². The Morgan fingerprint density at radius 1 is 1.12 bits per heavy atom. The van der Waals surface area contributed by atoms with E-state index in [9.17, 15) is 5.26 Å². The van der Waals surface area contributed by atoms with E-state index in [1.165, 1.54) is 5.69 Å².